The van der Waals surface area contributed by atoms with Gasteiger partial charge < -0.3 is 22.8 Å². The van der Waals surface area contributed by atoms with E-state index in [0.717, 1.165) is 19.1 Å². The normalized spacial score (nSPS) is 17.6. The van der Waals surface area contributed by atoms with Crippen molar-refractivity contribution in [2.45, 2.75) is 43.4 Å². The molecule has 0 aromatic rings. The van der Waals surface area contributed by atoms with Gasteiger partial charge in [0.1, 0.15) is 6.10 Å². The van der Waals surface area contributed by atoms with Crippen LogP contribution in [0.4, 0.5) is 0 Å². The first-order chi connectivity index (χ1) is 9.67. The fourth-order valence-corrected chi connectivity index (χ4v) is 3.37. The van der Waals surface area contributed by atoms with Crippen molar-refractivity contribution in [3.8, 4) is 0 Å². The van der Waals surface area contributed by atoms with E-state index in [2.05, 4.69) is 24.6 Å². The molecule has 0 bridgehead atoms. The molecule has 0 aromatic heterocycles. The molecule has 0 saturated carbocycles. The summed E-state index contributed by atoms with van der Waals surface area (Å²) in [4.78, 5) is 0. The van der Waals surface area contributed by atoms with E-state index in [1.807, 2.05) is 0 Å². The maximum absolute atomic E-state index is 5.42. The molecule has 116 valence electrons. The summed E-state index contributed by atoms with van der Waals surface area (Å²) in [7, 11) is 2.48. The average molecular weight is 300 g/mol. The van der Waals surface area contributed by atoms with E-state index in [9.17, 15) is 0 Å². The maximum atomic E-state index is 5.42. The Balaban J connectivity index is 0.000000621. The van der Waals surface area contributed by atoms with Crippen molar-refractivity contribution in [1.82, 2.24) is 0 Å². The molecule has 1 aliphatic rings. The second-order valence-corrected chi connectivity index (χ2v) is 7.87. The Labute approximate surface area is 134 Å². The van der Waals surface area contributed by atoms with Crippen molar-refractivity contribution in [2.24, 2.45) is 0 Å². The van der Waals surface area contributed by atoms with Gasteiger partial charge in [0, 0.05) is 34.0 Å². The van der Waals surface area contributed by atoms with Crippen LogP contribution in [-0.2, 0) is 22.8 Å². The molecule has 1 aliphatic heterocycles. The molecule has 0 radical (unpaired) electrons. The third-order valence-electron chi connectivity index (χ3n) is 3.12. The number of ether oxygens (including phenoxy) is 2. The molecule has 1 saturated heterocycles. The van der Waals surface area contributed by atoms with Crippen LogP contribution < -0.4 is 0 Å². The van der Waals surface area contributed by atoms with E-state index >= 15 is 0 Å². The Morgan fingerprint density at radius 1 is 1.15 bits per heavy atom. The average Bonchev–Trinajstić information content (AvgIpc) is 3.29. The summed E-state index contributed by atoms with van der Waals surface area (Å²) in [5.74, 6) is 0. The van der Waals surface area contributed by atoms with Crippen molar-refractivity contribution < 1.29 is 22.8 Å². The Hall–Kier alpha value is 0.614. The van der Waals surface area contributed by atoms with Crippen molar-refractivity contribution in [2.75, 3.05) is 41.2 Å². The second-order valence-electron chi connectivity index (χ2n) is 4.78. The molecule has 5 nitrogen and oxygen atoms in total. The van der Waals surface area contributed by atoms with Crippen molar-refractivity contribution in [3.05, 3.63) is 0 Å². The summed E-state index contributed by atoms with van der Waals surface area (Å²) in [6.45, 7) is 4.45. The molecule has 20 heavy (non-hydrogen) atoms. The van der Waals surface area contributed by atoms with E-state index in [-0.39, 0.29) is 0 Å². The fourth-order valence-electron chi connectivity index (χ4n) is 1.68. The molecule has 0 N–H and O–H groups in total. The number of hydrogen-bond acceptors (Lipinski definition) is 5. The first-order valence-electron chi connectivity index (χ1n) is 7.52. The van der Waals surface area contributed by atoms with E-state index in [1.54, 1.807) is 21.3 Å². The van der Waals surface area contributed by atoms with Gasteiger partial charge in [0.25, 0.3) is 0 Å². The molecule has 1 fully saturated rings. The van der Waals surface area contributed by atoms with Crippen LogP contribution in [-0.4, -0.2) is 73.8 Å². The zero-order valence-electron chi connectivity index (χ0n) is 13.8. The Bertz CT molecular complexity index is 203. The van der Waals surface area contributed by atoms with Gasteiger partial charge in [-0.2, -0.15) is 0 Å². The molecular formula is C13H29LiO5Si. The van der Waals surface area contributed by atoms with E-state index < -0.39 is 8.80 Å². The van der Waals surface area contributed by atoms with Gasteiger partial charge in [-0.15, -0.1) is 0 Å². The third-order valence-corrected chi connectivity index (χ3v) is 5.95. The predicted octanol–water partition coefficient (Wildman–Crippen LogP) is 2.04. The van der Waals surface area contributed by atoms with Crippen LogP contribution in [0, 0.1) is 0 Å². The molecule has 0 aliphatic carbocycles. The van der Waals surface area contributed by atoms with Crippen LogP contribution in [0.25, 0.3) is 0 Å². The van der Waals surface area contributed by atoms with E-state index in [0.29, 0.717) is 19.3 Å². The van der Waals surface area contributed by atoms with Crippen LogP contribution >= 0.6 is 0 Å². The Morgan fingerprint density at radius 2 is 1.75 bits per heavy atom. The number of rotatable bonds is 11. The molecule has 1 unspecified atom stereocenters. The number of hydrogen-bond donors (Lipinski definition) is 0. The van der Waals surface area contributed by atoms with E-state index in [1.165, 1.54) is 17.9 Å². The first kappa shape index (κ1) is 20.6. The zero-order chi connectivity index (χ0) is 15.3. The van der Waals surface area contributed by atoms with Crippen LogP contribution in [0.2, 0.25) is 11.1 Å². The SMILES string of the molecule is CO[Si](CCCOCC1CO1)(OC)OC.[Li][CH2]CCC. The number of unbranched alkanes of at least 4 members (excludes halogenated alkanes) is 1. The molecule has 0 spiro atoms. The molecule has 1 atom stereocenters. The zero-order valence-corrected chi connectivity index (χ0v) is 14.8. The fraction of sp³-hybridized carbons (Fsp3) is 1.00. The van der Waals surface area contributed by atoms with Crippen molar-refractivity contribution in [1.29, 1.82) is 0 Å². The van der Waals surface area contributed by atoms with E-state index in [4.69, 9.17) is 22.8 Å². The minimum atomic E-state index is -2.39. The summed E-state index contributed by atoms with van der Waals surface area (Å²) in [6.07, 6.45) is 3.95. The molecule has 1 heterocycles. The van der Waals surface area contributed by atoms with Crippen molar-refractivity contribution >= 4 is 26.5 Å². The van der Waals surface area contributed by atoms with Crippen LogP contribution in [0.1, 0.15) is 26.2 Å². The molecule has 1 rings (SSSR count). The summed E-state index contributed by atoms with van der Waals surface area (Å²) in [5, 5.41) is 1.34. The quantitative estimate of drug-likeness (QED) is 0.332. The van der Waals surface area contributed by atoms with Crippen molar-refractivity contribution in [3.63, 3.8) is 0 Å². The first-order valence-corrected chi connectivity index (χ1v) is 9.45. The van der Waals surface area contributed by atoms with Gasteiger partial charge in [0.05, 0.1) is 13.2 Å². The van der Waals surface area contributed by atoms with Gasteiger partial charge in [0.15, 0.2) is 0 Å². The van der Waals surface area contributed by atoms with Crippen LogP contribution in [0.3, 0.4) is 0 Å². The summed E-state index contributed by atoms with van der Waals surface area (Å²) in [6, 6.07) is 0.780. The van der Waals surface area contributed by atoms with Gasteiger partial charge >= 0.3 is 51.4 Å². The summed E-state index contributed by atoms with van der Waals surface area (Å²) < 4.78 is 26.3. The Morgan fingerprint density at radius 3 is 2.10 bits per heavy atom. The molecule has 0 amide bonds. The van der Waals surface area contributed by atoms with Gasteiger partial charge in [-0.05, 0) is 6.42 Å². The predicted molar refractivity (Wildman–Crippen MR) is 82.2 cm³/mol. The molecule has 7 heteroatoms. The third kappa shape index (κ3) is 10.4. The van der Waals surface area contributed by atoms with Gasteiger partial charge in [-0.1, -0.05) is 0 Å². The minimum absolute atomic E-state index is 0.333. The topological polar surface area (TPSA) is 49.5 Å². The van der Waals surface area contributed by atoms with Crippen LogP contribution in [0.15, 0.2) is 0 Å². The van der Waals surface area contributed by atoms with Crippen LogP contribution in [0.5, 0.6) is 0 Å². The Kier molecular flexibility index (Phi) is 13.7. The number of epoxide rings is 1. The standard InChI is InChI=1S/C9H20O5Si.C4H9.Li/c1-10-15(11-2,12-3)6-4-5-13-7-9-8-14-9;1-3-4-2;/h9H,4-8H2,1-3H3;1,3-4H2,2H3;. The molecule has 0 aromatic carbocycles. The van der Waals surface area contributed by atoms with Gasteiger partial charge in [-0.25, -0.2) is 0 Å². The van der Waals surface area contributed by atoms with Gasteiger partial charge in [-0.3, -0.25) is 0 Å². The second kappa shape index (κ2) is 13.3. The molecular weight excluding hydrogens is 271 g/mol. The monoisotopic (exact) mass is 300 g/mol. The summed E-state index contributed by atoms with van der Waals surface area (Å²) in [5.41, 5.74) is 0. The summed E-state index contributed by atoms with van der Waals surface area (Å²) >= 11 is 2.21. The van der Waals surface area contributed by atoms with Gasteiger partial charge in [0.2, 0.25) is 0 Å².